The van der Waals surface area contributed by atoms with Crippen molar-refractivity contribution >= 4 is 22.4 Å². The highest BCUT2D eigenvalue weighted by molar-refractivity contribution is 5.88. The number of benzene rings is 2. The van der Waals surface area contributed by atoms with Crippen molar-refractivity contribution in [3.8, 4) is 11.3 Å². The molecule has 209 valence electrons. The number of pyridine rings is 1. The first-order valence-corrected chi connectivity index (χ1v) is 12.3. The van der Waals surface area contributed by atoms with Crippen molar-refractivity contribution in [1.82, 2.24) is 4.98 Å². The normalized spacial score (nSPS) is 16.5. The molecule has 4 rings (SSSR count). The largest absolute Gasteiger partial charge is 0.461 e. The van der Waals surface area contributed by atoms with Crippen LogP contribution in [0.1, 0.15) is 12.0 Å². The number of anilines is 1. The molecule has 0 saturated carbocycles. The van der Waals surface area contributed by atoms with Crippen LogP contribution < -0.4 is 10.5 Å². The molecule has 1 saturated heterocycles. The van der Waals surface area contributed by atoms with Crippen molar-refractivity contribution < 1.29 is 42.0 Å². The van der Waals surface area contributed by atoms with Gasteiger partial charge in [0.25, 0.3) is 5.56 Å². The Morgan fingerprint density at radius 2 is 1.90 bits per heavy atom. The van der Waals surface area contributed by atoms with Gasteiger partial charge in [0.05, 0.1) is 31.5 Å². The maximum Gasteiger partial charge on any atom is 0.417 e. The minimum absolute atomic E-state index is 0.0337. The highest BCUT2D eigenvalue weighted by Crippen LogP contribution is 2.36. The fourth-order valence-corrected chi connectivity index (χ4v) is 4.30. The molecule has 39 heavy (non-hydrogen) atoms. The summed E-state index contributed by atoms with van der Waals surface area (Å²) < 4.78 is 61.0. The van der Waals surface area contributed by atoms with Gasteiger partial charge in [0, 0.05) is 42.4 Å². The number of nitrogens with one attached hydrogen (secondary N) is 1. The molecule has 1 radical (unpaired) electrons. The zero-order valence-corrected chi connectivity index (χ0v) is 21.2. The van der Waals surface area contributed by atoms with Crippen molar-refractivity contribution in [3.05, 3.63) is 64.4 Å². The molecule has 2 heterocycles. The Hall–Kier alpha value is -3.45. The highest BCUT2D eigenvalue weighted by atomic mass is 19.4. The van der Waals surface area contributed by atoms with E-state index in [0.29, 0.717) is 36.2 Å². The van der Waals surface area contributed by atoms with Crippen LogP contribution in [0.25, 0.3) is 22.0 Å². The van der Waals surface area contributed by atoms with Crippen molar-refractivity contribution in [3.63, 3.8) is 0 Å². The van der Waals surface area contributed by atoms with Crippen molar-refractivity contribution in [1.29, 1.82) is 0 Å². The van der Waals surface area contributed by atoms with Crippen LogP contribution in [0.2, 0.25) is 0 Å². The van der Waals surface area contributed by atoms with E-state index in [2.05, 4.69) is 4.98 Å². The molecule has 0 spiro atoms. The average molecular weight is 550 g/mol. The first-order chi connectivity index (χ1) is 18.7. The van der Waals surface area contributed by atoms with Crippen molar-refractivity contribution in [2.24, 2.45) is 0 Å². The number of methoxy groups -OCH3 is 1. The number of hydrogen-bond donors (Lipinski definition) is 1. The fraction of sp³-hybridized carbons (Fsp3) is 0.407. The number of rotatable bonds is 11. The predicted octanol–water partition coefficient (Wildman–Crippen LogP) is 3.77. The van der Waals surface area contributed by atoms with Crippen molar-refractivity contribution in [2.75, 3.05) is 51.7 Å². The number of carbonyl (C=O) groups is 1. The predicted molar refractivity (Wildman–Crippen MR) is 135 cm³/mol. The molecule has 12 heteroatoms. The molecule has 1 N–H and O–H groups in total. The molecule has 0 amide bonds. The second-order valence-corrected chi connectivity index (χ2v) is 8.96. The summed E-state index contributed by atoms with van der Waals surface area (Å²) in [4.78, 5) is 29.2. The zero-order chi connectivity index (χ0) is 28.0. The van der Waals surface area contributed by atoms with Gasteiger partial charge in [-0.3, -0.25) is 4.79 Å². The number of H-pyrrole nitrogens is 1. The van der Waals surface area contributed by atoms with Gasteiger partial charge in [0.1, 0.15) is 13.3 Å². The van der Waals surface area contributed by atoms with E-state index < -0.39 is 35.5 Å². The molecule has 1 aromatic heterocycles. The molecule has 0 bridgehead atoms. The summed E-state index contributed by atoms with van der Waals surface area (Å²) in [5.74, 6) is -0.882. The third kappa shape index (κ3) is 7.15. The molecule has 1 unspecified atom stereocenters. The minimum Gasteiger partial charge on any atom is -0.461 e. The molecule has 0 aliphatic carbocycles. The molecule has 3 aromatic rings. The lowest BCUT2D eigenvalue weighted by molar-refractivity contribution is -0.161. The third-order valence-electron chi connectivity index (χ3n) is 6.25. The minimum atomic E-state index is -4.57. The van der Waals surface area contributed by atoms with Crippen LogP contribution in [0.4, 0.5) is 18.9 Å². The maximum absolute atomic E-state index is 13.5. The number of nitrogens with zero attached hydrogens (tertiary/aromatic N) is 1. The number of fused-ring (bicyclic) bond motifs is 1. The number of ether oxygens (including phenoxy) is 4. The number of hydrogen-bond acceptors (Lipinski definition) is 7. The average Bonchev–Trinajstić information content (AvgIpc) is 3.38. The van der Waals surface area contributed by atoms with Gasteiger partial charge in [0.15, 0.2) is 6.10 Å². The van der Waals surface area contributed by atoms with E-state index >= 15 is 0 Å². The number of halogens is 3. The lowest BCUT2D eigenvalue weighted by atomic mass is 10.0. The van der Waals surface area contributed by atoms with E-state index in [1.165, 1.54) is 31.4 Å². The number of aromatic nitrogens is 1. The quantitative estimate of drug-likeness (QED) is 0.286. The summed E-state index contributed by atoms with van der Waals surface area (Å²) in [6, 6.07) is 11.5. The monoisotopic (exact) mass is 549 g/mol. The van der Waals surface area contributed by atoms with Gasteiger partial charge in [-0.15, -0.1) is 0 Å². The number of aromatic amines is 1. The standard InChI is InChI=1S/C27H28F3N2O7/c1-36-8-9-37-10-11-38-26(35)24(33)14-19-15-32(16-39-19)18-7-6-17-12-23(31-25(34)21(17)13-18)20-4-2-3-5-22(20)27(28,29)30/h2-7,12-13,19,24H,8-11,14-16H2,1H3,(H,31,34)/t19?,24-/m0/s1. The summed E-state index contributed by atoms with van der Waals surface area (Å²) in [5.41, 5.74) is -0.794. The lowest BCUT2D eigenvalue weighted by Gasteiger charge is -2.18. The van der Waals surface area contributed by atoms with Gasteiger partial charge in [-0.1, -0.05) is 24.3 Å². The fourth-order valence-electron chi connectivity index (χ4n) is 4.30. The van der Waals surface area contributed by atoms with Gasteiger partial charge in [-0.05, 0) is 29.7 Å². The molecular weight excluding hydrogens is 521 g/mol. The van der Waals surface area contributed by atoms with E-state index in [4.69, 9.17) is 18.9 Å². The van der Waals surface area contributed by atoms with Gasteiger partial charge in [-0.2, -0.15) is 13.2 Å². The van der Waals surface area contributed by atoms with Crippen LogP contribution in [-0.2, 0) is 35.0 Å². The Morgan fingerprint density at radius 1 is 1.13 bits per heavy atom. The molecule has 1 fully saturated rings. The Bertz CT molecular complexity index is 1340. The molecule has 1 aliphatic rings. The van der Waals surface area contributed by atoms with E-state index in [9.17, 15) is 27.9 Å². The molecular formula is C27H28F3N2O7. The second-order valence-electron chi connectivity index (χ2n) is 8.96. The number of esters is 1. The Labute approximate surface area is 222 Å². The van der Waals surface area contributed by atoms with Gasteiger partial charge >= 0.3 is 12.1 Å². The Kier molecular flexibility index (Phi) is 9.23. The second kappa shape index (κ2) is 12.6. The van der Waals surface area contributed by atoms with Crippen LogP contribution in [-0.4, -0.2) is 70.0 Å². The zero-order valence-electron chi connectivity index (χ0n) is 21.2. The first-order valence-electron chi connectivity index (χ1n) is 12.3. The molecule has 9 nitrogen and oxygen atoms in total. The summed E-state index contributed by atoms with van der Waals surface area (Å²) in [6.07, 6.45) is -6.80. The highest BCUT2D eigenvalue weighted by Gasteiger charge is 2.34. The van der Waals surface area contributed by atoms with E-state index in [1.54, 1.807) is 23.1 Å². The topological polar surface area (TPSA) is 110 Å². The smallest absolute Gasteiger partial charge is 0.417 e. The molecule has 1 aliphatic heterocycles. The summed E-state index contributed by atoms with van der Waals surface area (Å²) in [6.45, 7) is 1.35. The Balaban J connectivity index is 1.39. The number of alkyl halides is 3. The van der Waals surface area contributed by atoms with Crippen molar-refractivity contribution in [2.45, 2.75) is 24.8 Å². The first kappa shape index (κ1) is 28.6. The molecule has 2 aromatic carbocycles. The van der Waals surface area contributed by atoms with E-state index in [1.807, 2.05) is 0 Å². The van der Waals surface area contributed by atoms with Crippen LogP contribution >= 0.6 is 0 Å². The van der Waals surface area contributed by atoms with E-state index in [-0.39, 0.29) is 37.6 Å². The maximum atomic E-state index is 13.5. The van der Waals surface area contributed by atoms with E-state index in [0.717, 1.165) is 6.07 Å². The van der Waals surface area contributed by atoms with Gasteiger partial charge in [0.2, 0.25) is 0 Å². The summed E-state index contributed by atoms with van der Waals surface area (Å²) >= 11 is 0. The lowest BCUT2D eigenvalue weighted by Crippen LogP contribution is -2.30. The van der Waals surface area contributed by atoms with Crippen LogP contribution in [0.15, 0.2) is 53.3 Å². The summed E-state index contributed by atoms with van der Waals surface area (Å²) in [5, 5.41) is 13.1. The summed E-state index contributed by atoms with van der Waals surface area (Å²) in [7, 11) is 1.54. The SMILES string of the molecule is COCCOCCOC(=O)[C@@H]([O])CC1CN(c2ccc3cc(-c4ccccc4C(F)(F)F)[nH]c(=O)c3c2)CO1. The van der Waals surface area contributed by atoms with Crippen LogP contribution in [0.5, 0.6) is 0 Å². The van der Waals surface area contributed by atoms with Crippen LogP contribution in [0, 0.1) is 0 Å². The van der Waals surface area contributed by atoms with Gasteiger partial charge in [-0.25, -0.2) is 9.90 Å². The molecule has 2 atom stereocenters. The van der Waals surface area contributed by atoms with Crippen LogP contribution in [0.3, 0.4) is 0 Å². The number of carbonyl (C=O) groups excluding carboxylic acids is 1. The third-order valence-corrected chi connectivity index (χ3v) is 6.25. The van der Waals surface area contributed by atoms with Gasteiger partial charge < -0.3 is 28.8 Å². The Morgan fingerprint density at radius 3 is 2.67 bits per heavy atom.